The molecule has 3 aromatic carbocycles. The third-order valence-corrected chi connectivity index (χ3v) is 4.41. The Bertz CT molecular complexity index is 798. The monoisotopic (exact) mass is 343 g/mol. The van der Waals surface area contributed by atoms with Crippen molar-refractivity contribution >= 4 is 37.5 Å². The van der Waals surface area contributed by atoms with Crippen LogP contribution in [0.3, 0.4) is 0 Å². The van der Waals surface area contributed by atoms with Gasteiger partial charge < -0.3 is 10.0 Å². The predicted molar refractivity (Wildman–Crippen MR) is 92.7 cm³/mol. The van der Waals surface area contributed by atoms with E-state index in [9.17, 15) is 5.11 Å². The zero-order chi connectivity index (χ0) is 15.0. The molecule has 0 heterocycles. The van der Waals surface area contributed by atoms with Crippen LogP contribution in [0.25, 0.3) is 21.5 Å². The number of fused-ring (bicyclic) bond motifs is 3. The number of rotatable bonds is 3. The lowest BCUT2D eigenvalue weighted by molar-refractivity contribution is 0.138. The molecule has 0 unspecified atom stereocenters. The molecule has 1 N–H and O–H groups in total. The van der Waals surface area contributed by atoms with E-state index >= 15 is 0 Å². The van der Waals surface area contributed by atoms with Gasteiger partial charge in [0.1, 0.15) is 0 Å². The summed E-state index contributed by atoms with van der Waals surface area (Å²) in [6.45, 7) is 0.625. The number of aliphatic hydroxyl groups excluding tert-OH is 1. The molecule has 0 spiro atoms. The van der Waals surface area contributed by atoms with Crippen LogP contribution in [-0.4, -0.2) is 30.6 Å². The van der Waals surface area contributed by atoms with Crippen molar-refractivity contribution in [1.29, 1.82) is 0 Å². The van der Waals surface area contributed by atoms with E-state index in [-0.39, 0.29) is 0 Å². The first kappa shape index (κ1) is 14.5. The molecule has 0 bridgehead atoms. The van der Waals surface area contributed by atoms with Gasteiger partial charge in [0.25, 0.3) is 0 Å². The number of benzene rings is 3. The molecule has 0 saturated heterocycles. The fraction of sp³-hybridized carbons (Fsp3) is 0.222. The first-order valence-electron chi connectivity index (χ1n) is 7.00. The minimum Gasteiger partial charge on any atom is -0.387 e. The molecule has 0 fully saturated rings. The molecule has 0 aromatic heterocycles. The molecule has 2 nitrogen and oxygen atoms in total. The molecule has 108 valence electrons. The summed E-state index contributed by atoms with van der Waals surface area (Å²) in [6, 6.07) is 16.7. The van der Waals surface area contributed by atoms with Gasteiger partial charge in [-0.1, -0.05) is 52.3 Å². The van der Waals surface area contributed by atoms with E-state index in [2.05, 4.69) is 52.3 Å². The van der Waals surface area contributed by atoms with Crippen LogP contribution < -0.4 is 0 Å². The van der Waals surface area contributed by atoms with Crippen LogP contribution in [0.2, 0.25) is 0 Å². The van der Waals surface area contributed by atoms with Crippen molar-refractivity contribution in [2.45, 2.75) is 6.10 Å². The first-order valence-corrected chi connectivity index (χ1v) is 7.79. The summed E-state index contributed by atoms with van der Waals surface area (Å²) < 4.78 is 1.10. The summed E-state index contributed by atoms with van der Waals surface area (Å²) >= 11 is 3.64. The fourth-order valence-electron chi connectivity index (χ4n) is 2.73. The molecule has 0 amide bonds. The normalized spacial score (nSPS) is 13.2. The van der Waals surface area contributed by atoms with Crippen LogP contribution in [0.1, 0.15) is 11.7 Å². The quantitative estimate of drug-likeness (QED) is 0.714. The molecular formula is C18H18BrNO. The summed E-state index contributed by atoms with van der Waals surface area (Å²) in [5.41, 5.74) is 0.962. The average molecular weight is 344 g/mol. The highest BCUT2D eigenvalue weighted by Gasteiger charge is 2.11. The Morgan fingerprint density at radius 3 is 2.43 bits per heavy atom. The summed E-state index contributed by atoms with van der Waals surface area (Å²) in [5, 5.41) is 15.1. The molecule has 3 heteroatoms. The maximum atomic E-state index is 10.3. The van der Waals surface area contributed by atoms with Crippen LogP contribution in [0, 0.1) is 0 Å². The molecule has 0 aliphatic carbocycles. The van der Waals surface area contributed by atoms with E-state index in [1.807, 2.05) is 31.1 Å². The van der Waals surface area contributed by atoms with Crippen molar-refractivity contribution in [2.75, 3.05) is 20.6 Å². The van der Waals surface area contributed by atoms with Gasteiger partial charge in [0.2, 0.25) is 0 Å². The molecule has 0 saturated carbocycles. The standard InChI is InChI=1S/C18H18BrNO/c1-20(2)11-18(21)13-8-7-12-10-17(19)15-6-4-3-5-14(15)16(12)9-13/h3-10,18,21H,11H2,1-2H3/t18-/m0/s1. The number of hydrogen-bond acceptors (Lipinski definition) is 2. The van der Waals surface area contributed by atoms with E-state index in [1.54, 1.807) is 0 Å². The Hall–Kier alpha value is -1.42. The Kier molecular flexibility index (Phi) is 3.98. The largest absolute Gasteiger partial charge is 0.387 e. The minimum absolute atomic E-state index is 0.466. The van der Waals surface area contributed by atoms with Crippen molar-refractivity contribution in [3.63, 3.8) is 0 Å². The second-order valence-electron chi connectivity index (χ2n) is 5.66. The SMILES string of the molecule is CN(C)C[C@H](O)c1ccc2cc(Br)c3ccccc3c2c1. The molecule has 21 heavy (non-hydrogen) atoms. The van der Waals surface area contributed by atoms with E-state index in [0.717, 1.165) is 10.0 Å². The van der Waals surface area contributed by atoms with E-state index in [0.29, 0.717) is 6.54 Å². The summed E-state index contributed by atoms with van der Waals surface area (Å²) in [7, 11) is 3.94. The minimum atomic E-state index is -0.466. The lowest BCUT2D eigenvalue weighted by atomic mass is 9.98. The topological polar surface area (TPSA) is 23.5 Å². The van der Waals surface area contributed by atoms with Crippen LogP contribution in [0.5, 0.6) is 0 Å². The Labute approximate surface area is 133 Å². The zero-order valence-corrected chi connectivity index (χ0v) is 13.8. The van der Waals surface area contributed by atoms with Crippen LogP contribution in [-0.2, 0) is 0 Å². The Morgan fingerprint density at radius 1 is 1.00 bits per heavy atom. The highest BCUT2D eigenvalue weighted by molar-refractivity contribution is 9.10. The maximum Gasteiger partial charge on any atom is 0.0916 e. The second-order valence-corrected chi connectivity index (χ2v) is 6.52. The van der Waals surface area contributed by atoms with Crippen molar-refractivity contribution in [2.24, 2.45) is 0 Å². The number of likely N-dealkylation sites (N-methyl/N-ethyl adjacent to an activating group) is 1. The van der Waals surface area contributed by atoms with Crippen LogP contribution in [0.15, 0.2) is 53.0 Å². The smallest absolute Gasteiger partial charge is 0.0916 e. The summed E-state index contributed by atoms with van der Waals surface area (Å²) in [6.07, 6.45) is -0.466. The average Bonchev–Trinajstić information content (AvgIpc) is 2.46. The Morgan fingerprint density at radius 2 is 1.71 bits per heavy atom. The molecular weight excluding hydrogens is 326 g/mol. The number of nitrogens with zero attached hydrogens (tertiary/aromatic N) is 1. The van der Waals surface area contributed by atoms with Crippen molar-refractivity contribution < 1.29 is 5.11 Å². The third kappa shape index (κ3) is 2.82. The van der Waals surface area contributed by atoms with Gasteiger partial charge in [-0.2, -0.15) is 0 Å². The van der Waals surface area contributed by atoms with Crippen molar-refractivity contribution in [1.82, 2.24) is 4.90 Å². The molecule has 0 radical (unpaired) electrons. The Balaban J connectivity index is 2.20. The molecule has 1 atom stereocenters. The van der Waals surface area contributed by atoms with E-state index in [1.165, 1.54) is 21.5 Å². The fourth-order valence-corrected chi connectivity index (χ4v) is 3.32. The highest BCUT2D eigenvalue weighted by Crippen LogP contribution is 2.33. The van der Waals surface area contributed by atoms with Crippen LogP contribution in [0.4, 0.5) is 0 Å². The predicted octanol–water partition coefficient (Wildman–Crippen LogP) is 4.35. The highest BCUT2D eigenvalue weighted by atomic mass is 79.9. The van der Waals surface area contributed by atoms with Gasteiger partial charge in [0.05, 0.1) is 6.10 Å². The molecule has 3 aromatic rings. The summed E-state index contributed by atoms with van der Waals surface area (Å²) in [5.74, 6) is 0. The van der Waals surface area contributed by atoms with Crippen molar-refractivity contribution in [3.8, 4) is 0 Å². The number of halogens is 1. The van der Waals surface area contributed by atoms with Crippen molar-refractivity contribution in [3.05, 3.63) is 58.6 Å². The maximum absolute atomic E-state index is 10.3. The lowest BCUT2D eigenvalue weighted by Crippen LogP contribution is -2.19. The summed E-state index contributed by atoms with van der Waals surface area (Å²) in [4.78, 5) is 1.99. The third-order valence-electron chi connectivity index (χ3n) is 3.76. The van der Waals surface area contributed by atoms with E-state index < -0.39 is 6.10 Å². The molecule has 3 rings (SSSR count). The first-order chi connectivity index (χ1) is 10.1. The van der Waals surface area contributed by atoms with Gasteiger partial charge in [-0.15, -0.1) is 0 Å². The second kappa shape index (κ2) is 5.76. The number of aliphatic hydroxyl groups is 1. The van der Waals surface area contributed by atoms with Gasteiger partial charge in [-0.25, -0.2) is 0 Å². The molecule has 0 aliphatic rings. The molecule has 0 aliphatic heterocycles. The van der Waals surface area contributed by atoms with Gasteiger partial charge in [-0.05, 0) is 53.3 Å². The van der Waals surface area contributed by atoms with Gasteiger partial charge >= 0.3 is 0 Å². The van der Waals surface area contributed by atoms with Gasteiger partial charge in [-0.3, -0.25) is 0 Å². The lowest BCUT2D eigenvalue weighted by Gasteiger charge is -2.17. The zero-order valence-electron chi connectivity index (χ0n) is 12.2. The number of hydrogen-bond donors (Lipinski definition) is 1. The van der Waals surface area contributed by atoms with Gasteiger partial charge in [0.15, 0.2) is 0 Å². The van der Waals surface area contributed by atoms with E-state index in [4.69, 9.17) is 0 Å². The van der Waals surface area contributed by atoms with Gasteiger partial charge in [0, 0.05) is 11.0 Å². The van der Waals surface area contributed by atoms with Crippen LogP contribution >= 0.6 is 15.9 Å².